The smallest absolute Gasteiger partial charge is 0.290 e. The van der Waals surface area contributed by atoms with Gasteiger partial charge in [0.05, 0.1) is 0 Å². The number of amides is 1. The minimum Gasteiger partial charge on any atom is -0.440 e. The van der Waals surface area contributed by atoms with Gasteiger partial charge in [-0.3, -0.25) is 9.78 Å². The summed E-state index contributed by atoms with van der Waals surface area (Å²) in [5.74, 6) is 0.696. The van der Waals surface area contributed by atoms with Crippen LogP contribution in [0.5, 0.6) is 0 Å². The average molecular weight is 345 g/mol. The van der Waals surface area contributed by atoms with Crippen LogP contribution >= 0.6 is 11.6 Å². The van der Waals surface area contributed by atoms with Gasteiger partial charge in [-0.2, -0.15) is 0 Å². The highest BCUT2D eigenvalue weighted by Crippen LogP contribution is 2.29. The SMILES string of the molecule is CCN(C(=O)c1ccc(Cl)o1)[C@H](c1cccnc1)c1nccn1C. The molecule has 3 aromatic heterocycles. The monoisotopic (exact) mass is 344 g/mol. The first-order valence-corrected chi connectivity index (χ1v) is 7.93. The average Bonchev–Trinajstić information content (AvgIpc) is 3.21. The molecule has 7 heteroatoms. The van der Waals surface area contributed by atoms with Gasteiger partial charge in [0, 0.05) is 43.9 Å². The Bertz CT molecular complexity index is 828. The topological polar surface area (TPSA) is 64.2 Å². The maximum Gasteiger partial charge on any atom is 0.290 e. The number of hydrogen-bond donors (Lipinski definition) is 0. The Kier molecular flexibility index (Phi) is 4.66. The standard InChI is InChI=1S/C17H17ClN4O2/c1-3-22(17(23)13-6-7-14(18)24-13)15(12-5-4-8-19-11-12)16-20-9-10-21(16)2/h4-11,15H,3H2,1-2H3/t15-/m1/s1. The van der Waals surface area contributed by atoms with Crippen LogP contribution in [0.2, 0.25) is 5.22 Å². The van der Waals surface area contributed by atoms with E-state index in [4.69, 9.17) is 16.0 Å². The van der Waals surface area contributed by atoms with E-state index in [2.05, 4.69) is 9.97 Å². The van der Waals surface area contributed by atoms with Crippen molar-refractivity contribution in [2.75, 3.05) is 6.54 Å². The van der Waals surface area contributed by atoms with E-state index in [0.29, 0.717) is 6.54 Å². The van der Waals surface area contributed by atoms with Gasteiger partial charge in [-0.15, -0.1) is 0 Å². The number of rotatable bonds is 5. The molecule has 0 bridgehead atoms. The number of hydrogen-bond acceptors (Lipinski definition) is 4. The van der Waals surface area contributed by atoms with Gasteiger partial charge in [-0.1, -0.05) is 6.07 Å². The Hall–Kier alpha value is -2.60. The summed E-state index contributed by atoms with van der Waals surface area (Å²) < 4.78 is 7.18. The number of furan rings is 1. The largest absolute Gasteiger partial charge is 0.440 e. The third kappa shape index (κ3) is 3.05. The molecule has 0 radical (unpaired) electrons. The van der Waals surface area contributed by atoms with E-state index in [9.17, 15) is 4.79 Å². The molecule has 0 unspecified atom stereocenters. The van der Waals surface area contributed by atoms with Crippen LogP contribution < -0.4 is 0 Å². The molecule has 0 spiro atoms. The van der Waals surface area contributed by atoms with Crippen LogP contribution in [-0.4, -0.2) is 31.9 Å². The second kappa shape index (κ2) is 6.88. The number of pyridine rings is 1. The molecule has 24 heavy (non-hydrogen) atoms. The molecule has 0 aromatic carbocycles. The number of aryl methyl sites for hydroxylation is 1. The molecule has 1 amide bonds. The van der Waals surface area contributed by atoms with Crippen molar-refractivity contribution in [2.45, 2.75) is 13.0 Å². The Morgan fingerprint density at radius 1 is 1.38 bits per heavy atom. The van der Waals surface area contributed by atoms with E-state index in [-0.39, 0.29) is 22.9 Å². The van der Waals surface area contributed by atoms with Gasteiger partial charge in [0.1, 0.15) is 11.9 Å². The first-order valence-electron chi connectivity index (χ1n) is 7.55. The molecule has 0 aliphatic heterocycles. The number of imidazole rings is 1. The van der Waals surface area contributed by atoms with Gasteiger partial charge < -0.3 is 13.9 Å². The van der Waals surface area contributed by atoms with Crippen LogP contribution in [0.25, 0.3) is 0 Å². The Morgan fingerprint density at radius 2 is 2.21 bits per heavy atom. The minimum atomic E-state index is -0.375. The maximum atomic E-state index is 12.9. The van der Waals surface area contributed by atoms with E-state index in [1.165, 1.54) is 0 Å². The molecular weight excluding hydrogens is 328 g/mol. The summed E-state index contributed by atoms with van der Waals surface area (Å²) in [6.45, 7) is 2.39. The van der Waals surface area contributed by atoms with Crippen molar-refractivity contribution < 1.29 is 9.21 Å². The van der Waals surface area contributed by atoms with E-state index in [0.717, 1.165) is 11.4 Å². The Morgan fingerprint density at radius 3 is 2.75 bits per heavy atom. The molecule has 6 nitrogen and oxygen atoms in total. The predicted octanol–water partition coefficient (Wildman–Crippen LogP) is 3.31. The molecule has 3 aromatic rings. The van der Waals surface area contributed by atoms with Crippen LogP contribution in [0.4, 0.5) is 0 Å². The zero-order valence-electron chi connectivity index (χ0n) is 13.4. The summed E-state index contributed by atoms with van der Waals surface area (Å²) in [6, 6.07) is 6.53. The van der Waals surface area contributed by atoms with Crippen molar-refractivity contribution in [1.82, 2.24) is 19.4 Å². The highest BCUT2D eigenvalue weighted by molar-refractivity contribution is 6.29. The van der Waals surface area contributed by atoms with E-state index in [1.54, 1.807) is 35.6 Å². The van der Waals surface area contributed by atoms with Crippen LogP contribution in [0, 0.1) is 0 Å². The normalized spacial score (nSPS) is 12.1. The molecule has 124 valence electrons. The van der Waals surface area contributed by atoms with Gasteiger partial charge in [-0.25, -0.2) is 4.98 Å². The van der Waals surface area contributed by atoms with Crippen LogP contribution in [0.3, 0.4) is 0 Å². The Balaban J connectivity index is 2.06. The lowest BCUT2D eigenvalue weighted by molar-refractivity contribution is 0.0676. The summed E-state index contributed by atoms with van der Waals surface area (Å²) in [5, 5.41) is 0.185. The number of nitrogens with zero attached hydrogens (tertiary/aromatic N) is 4. The van der Waals surface area contributed by atoms with Gasteiger partial charge in [0.15, 0.2) is 11.0 Å². The highest BCUT2D eigenvalue weighted by atomic mass is 35.5. The lowest BCUT2D eigenvalue weighted by Gasteiger charge is -2.30. The van der Waals surface area contributed by atoms with Crippen LogP contribution in [0.1, 0.15) is 34.9 Å². The molecule has 1 atom stereocenters. The summed E-state index contributed by atoms with van der Waals surface area (Å²) in [7, 11) is 1.90. The highest BCUT2D eigenvalue weighted by Gasteiger charge is 2.30. The molecule has 0 saturated heterocycles. The maximum absolute atomic E-state index is 12.9. The van der Waals surface area contributed by atoms with E-state index >= 15 is 0 Å². The zero-order chi connectivity index (χ0) is 17.1. The summed E-state index contributed by atoms with van der Waals surface area (Å²) in [4.78, 5) is 23.2. The van der Waals surface area contributed by atoms with Crippen molar-refractivity contribution in [3.8, 4) is 0 Å². The van der Waals surface area contributed by atoms with Gasteiger partial charge in [0.2, 0.25) is 0 Å². The Labute approximate surface area is 144 Å². The number of aromatic nitrogens is 3. The second-order valence-electron chi connectivity index (χ2n) is 5.28. The summed E-state index contributed by atoms with van der Waals surface area (Å²) >= 11 is 5.81. The zero-order valence-corrected chi connectivity index (χ0v) is 14.1. The van der Waals surface area contributed by atoms with Crippen molar-refractivity contribution in [1.29, 1.82) is 0 Å². The lowest BCUT2D eigenvalue weighted by Crippen LogP contribution is -2.36. The fraction of sp³-hybridized carbons (Fsp3) is 0.235. The number of carbonyl (C=O) groups is 1. The number of halogens is 1. The molecule has 0 aliphatic rings. The molecule has 3 rings (SSSR count). The van der Waals surface area contributed by atoms with Gasteiger partial charge >= 0.3 is 0 Å². The molecule has 3 heterocycles. The van der Waals surface area contributed by atoms with Crippen molar-refractivity contribution >= 4 is 17.5 Å². The van der Waals surface area contributed by atoms with Crippen molar-refractivity contribution in [3.05, 3.63) is 71.4 Å². The van der Waals surface area contributed by atoms with Gasteiger partial charge in [-0.05, 0) is 36.7 Å². The van der Waals surface area contributed by atoms with E-state index in [1.807, 2.05) is 36.9 Å². The molecular formula is C17H17ClN4O2. The second-order valence-corrected chi connectivity index (χ2v) is 5.65. The van der Waals surface area contributed by atoms with E-state index < -0.39 is 0 Å². The van der Waals surface area contributed by atoms with Crippen LogP contribution in [-0.2, 0) is 7.05 Å². The van der Waals surface area contributed by atoms with Gasteiger partial charge in [0.25, 0.3) is 5.91 Å². The molecule has 0 aliphatic carbocycles. The molecule has 0 saturated carbocycles. The number of carbonyl (C=O) groups excluding carboxylic acids is 1. The first-order chi connectivity index (χ1) is 11.6. The van der Waals surface area contributed by atoms with Crippen LogP contribution in [0.15, 0.2) is 53.5 Å². The first kappa shape index (κ1) is 16.3. The lowest BCUT2D eigenvalue weighted by atomic mass is 10.1. The minimum absolute atomic E-state index is 0.185. The third-order valence-corrected chi connectivity index (χ3v) is 4.00. The fourth-order valence-corrected chi connectivity index (χ4v) is 2.81. The molecule has 0 N–H and O–H groups in total. The molecule has 0 fully saturated rings. The van der Waals surface area contributed by atoms with Crippen molar-refractivity contribution in [2.24, 2.45) is 7.05 Å². The fourth-order valence-electron chi connectivity index (χ4n) is 2.66. The summed E-state index contributed by atoms with van der Waals surface area (Å²) in [5.41, 5.74) is 0.875. The third-order valence-electron chi connectivity index (χ3n) is 3.80. The van der Waals surface area contributed by atoms with Crippen molar-refractivity contribution in [3.63, 3.8) is 0 Å². The predicted molar refractivity (Wildman–Crippen MR) is 89.7 cm³/mol. The summed E-state index contributed by atoms with van der Waals surface area (Å²) in [6.07, 6.45) is 7.00. The quantitative estimate of drug-likeness (QED) is 0.712.